The number of hydrogen-bond donors (Lipinski definition) is 0. The molecule has 0 radical (unpaired) electrons. The average Bonchev–Trinajstić information content (AvgIpc) is 2.17. The highest BCUT2D eigenvalue weighted by atomic mass is 35.5. The van der Waals surface area contributed by atoms with Gasteiger partial charge in [0, 0.05) is 18.2 Å². The highest BCUT2D eigenvalue weighted by Gasteiger charge is 2.06. The van der Waals surface area contributed by atoms with Crippen molar-refractivity contribution in [2.75, 3.05) is 0 Å². The van der Waals surface area contributed by atoms with Crippen LogP contribution in [0, 0.1) is 10.1 Å². The molecule has 4 nitrogen and oxygen atoms in total. The van der Waals surface area contributed by atoms with Crippen LogP contribution >= 0.6 is 11.6 Å². The molecule has 0 saturated carbocycles. The summed E-state index contributed by atoms with van der Waals surface area (Å²) >= 11 is 5.18. The van der Waals surface area contributed by atoms with Crippen molar-refractivity contribution in [3.8, 4) is 0 Å². The van der Waals surface area contributed by atoms with E-state index in [2.05, 4.69) is 0 Å². The minimum atomic E-state index is -0.598. The second-order valence-electron chi connectivity index (χ2n) is 2.94. The van der Waals surface area contributed by atoms with Crippen LogP contribution in [0.5, 0.6) is 0 Å². The normalized spacial score (nSPS) is 11.2. The van der Waals surface area contributed by atoms with Gasteiger partial charge >= 0.3 is 0 Å². The number of carbonyl (C=O) groups excluding carboxylic acids is 1. The maximum atomic E-state index is 10.6. The van der Waals surface area contributed by atoms with Gasteiger partial charge in [-0.1, -0.05) is 12.1 Å². The van der Waals surface area contributed by atoms with Crippen LogP contribution in [-0.2, 0) is 4.79 Å². The molecule has 1 aromatic carbocycles. The van der Waals surface area contributed by atoms with Crippen molar-refractivity contribution in [2.45, 2.75) is 6.92 Å². The molecular weight excluding hydrogens is 218 g/mol. The minimum absolute atomic E-state index is 0.0118. The molecule has 78 valence electrons. The molecule has 1 aromatic rings. The number of hydrogen-bond acceptors (Lipinski definition) is 3. The Morgan fingerprint density at radius 2 is 2.20 bits per heavy atom. The number of halogens is 1. The molecule has 0 amide bonds. The molecule has 15 heavy (non-hydrogen) atoms. The largest absolute Gasteiger partial charge is 0.276 e. The predicted octanol–water partition coefficient (Wildman–Crippen LogP) is 2.76. The Morgan fingerprint density at radius 1 is 1.53 bits per heavy atom. The molecule has 0 aliphatic carbocycles. The van der Waals surface area contributed by atoms with Crippen molar-refractivity contribution in [3.63, 3.8) is 0 Å². The highest BCUT2D eigenvalue weighted by molar-refractivity contribution is 6.67. The van der Waals surface area contributed by atoms with E-state index >= 15 is 0 Å². The van der Waals surface area contributed by atoms with Crippen LogP contribution in [0.3, 0.4) is 0 Å². The van der Waals surface area contributed by atoms with E-state index < -0.39 is 10.2 Å². The number of carbonyl (C=O) groups is 1. The molecular formula is C10H8ClNO3. The first kappa shape index (κ1) is 11.4. The van der Waals surface area contributed by atoms with Gasteiger partial charge in [0.15, 0.2) is 0 Å². The fraction of sp³-hybridized carbons (Fsp3) is 0.100. The molecule has 0 heterocycles. The Morgan fingerprint density at radius 3 is 2.73 bits per heavy atom. The van der Waals surface area contributed by atoms with E-state index in [4.69, 9.17) is 11.6 Å². The van der Waals surface area contributed by atoms with E-state index in [1.165, 1.54) is 18.2 Å². The molecule has 0 N–H and O–H groups in total. The molecule has 0 fully saturated rings. The standard InChI is InChI=1S/C10H8ClNO3/c1-7(5-10(11)13)8-3-2-4-9(6-8)12(14)15/h2-6H,1H3/b7-5-. The van der Waals surface area contributed by atoms with Crippen LogP contribution in [0.2, 0.25) is 0 Å². The summed E-state index contributed by atoms with van der Waals surface area (Å²) in [7, 11) is 0. The van der Waals surface area contributed by atoms with Gasteiger partial charge in [0.2, 0.25) is 5.24 Å². The average molecular weight is 226 g/mol. The zero-order chi connectivity index (χ0) is 11.4. The fourth-order valence-corrected chi connectivity index (χ4v) is 1.28. The SMILES string of the molecule is C/C(=C/C(=O)Cl)c1cccc([N+](=O)[O-])c1. The summed E-state index contributed by atoms with van der Waals surface area (Å²) in [5.41, 5.74) is 1.19. The number of nitro benzene ring substituents is 1. The number of allylic oxidation sites excluding steroid dienone is 2. The van der Waals surface area contributed by atoms with Crippen LogP contribution in [0.25, 0.3) is 5.57 Å². The van der Waals surface area contributed by atoms with E-state index in [0.29, 0.717) is 11.1 Å². The van der Waals surface area contributed by atoms with Gasteiger partial charge in [-0.25, -0.2) is 0 Å². The summed E-state index contributed by atoms with van der Waals surface area (Å²) in [6, 6.07) is 6.02. The second-order valence-corrected chi connectivity index (χ2v) is 3.31. The smallest absolute Gasteiger partial charge is 0.270 e. The predicted molar refractivity (Wildman–Crippen MR) is 57.6 cm³/mol. The summed E-state index contributed by atoms with van der Waals surface area (Å²) in [6.45, 7) is 1.67. The summed E-state index contributed by atoms with van der Waals surface area (Å²) in [4.78, 5) is 20.6. The van der Waals surface area contributed by atoms with Crippen molar-refractivity contribution in [1.82, 2.24) is 0 Å². The van der Waals surface area contributed by atoms with E-state index in [0.717, 1.165) is 0 Å². The number of nitrogens with zero attached hydrogens (tertiary/aromatic N) is 1. The summed E-state index contributed by atoms with van der Waals surface area (Å²) in [5.74, 6) is 0. The van der Waals surface area contributed by atoms with Gasteiger partial charge in [-0.2, -0.15) is 0 Å². The number of non-ortho nitro benzene ring substituents is 1. The summed E-state index contributed by atoms with van der Waals surface area (Å²) in [5, 5.41) is 9.89. The summed E-state index contributed by atoms with van der Waals surface area (Å²) in [6.07, 6.45) is 1.22. The van der Waals surface area contributed by atoms with Crippen LogP contribution < -0.4 is 0 Å². The molecule has 0 aliphatic heterocycles. The molecule has 0 spiro atoms. The van der Waals surface area contributed by atoms with E-state index in [1.807, 2.05) is 0 Å². The Labute approximate surface area is 91.3 Å². The third-order valence-electron chi connectivity index (χ3n) is 1.84. The maximum absolute atomic E-state index is 10.6. The molecule has 0 bridgehead atoms. The van der Waals surface area contributed by atoms with Gasteiger partial charge in [0.05, 0.1) is 4.92 Å². The number of nitro groups is 1. The quantitative estimate of drug-likeness (QED) is 0.344. The minimum Gasteiger partial charge on any atom is -0.276 e. The lowest BCUT2D eigenvalue weighted by molar-refractivity contribution is -0.384. The zero-order valence-electron chi connectivity index (χ0n) is 7.94. The van der Waals surface area contributed by atoms with E-state index in [9.17, 15) is 14.9 Å². The van der Waals surface area contributed by atoms with Gasteiger partial charge in [-0.3, -0.25) is 14.9 Å². The number of benzene rings is 1. The van der Waals surface area contributed by atoms with E-state index in [1.54, 1.807) is 19.1 Å². The Kier molecular flexibility index (Phi) is 3.57. The molecule has 0 unspecified atom stereocenters. The van der Waals surface area contributed by atoms with E-state index in [-0.39, 0.29) is 5.69 Å². The van der Waals surface area contributed by atoms with Crippen molar-refractivity contribution < 1.29 is 9.72 Å². The monoisotopic (exact) mass is 225 g/mol. The van der Waals surface area contributed by atoms with Gasteiger partial charge < -0.3 is 0 Å². The lowest BCUT2D eigenvalue weighted by Crippen LogP contribution is -1.90. The molecule has 1 rings (SSSR count). The van der Waals surface area contributed by atoms with Crippen LogP contribution in [-0.4, -0.2) is 10.2 Å². The van der Waals surface area contributed by atoms with Crippen molar-refractivity contribution in [2.24, 2.45) is 0 Å². The molecule has 5 heteroatoms. The molecule has 0 aliphatic rings. The molecule has 0 atom stereocenters. The Hall–Kier alpha value is -1.68. The first-order valence-corrected chi connectivity index (χ1v) is 4.51. The molecule has 0 saturated heterocycles. The fourth-order valence-electron chi connectivity index (χ4n) is 1.12. The van der Waals surface area contributed by atoms with Crippen molar-refractivity contribution in [3.05, 3.63) is 46.0 Å². The first-order chi connectivity index (χ1) is 7.00. The second kappa shape index (κ2) is 4.70. The van der Waals surface area contributed by atoms with Gasteiger partial charge in [0.1, 0.15) is 0 Å². The first-order valence-electron chi connectivity index (χ1n) is 4.13. The number of rotatable bonds is 3. The van der Waals surface area contributed by atoms with Crippen LogP contribution in [0.1, 0.15) is 12.5 Å². The highest BCUT2D eigenvalue weighted by Crippen LogP contribution is 2.19. The van der Waals surface area contributed by atoms with Crippen LogP contribution in [0.15, 0.2) is 30.3 Å². The van der Waals surface area contributed by atoms with Crippen molar-refractivity contribution >= 4 is 28.1 Å². The van der Waals surface area contributed by atoms with Crippen LogP contribution in [0.4, 0.5) is 5.69 Å². The van der Waals surface area contributed by atoms with Gasteiger partial charge in [-0.05, 0) is 29.7 Å². The molecule has 0 aromatic heterocycles. The Bertz CT molecular complexity index is 440. The van der Waals surface area contributed by atoms with Gasteiger partial charge in [0.25, 0.3) is 5.69 Å². The maximum Gasteiger partial charge on any atom is 0.270 e. The summed E-state index contributed by atoms with van der Waals surface area (Å²) < 4.78 is 0. The lowest BCUT2D eigenvalue weighted by atomic mass is 10.1. The zero-order valence-corrected chi connectivity index (χ0v) is 8.69. The van der Waals surface area contributed by atoms with Crippen molar-refractivity contribution in [1.29, 1.82) is 0 Å². The van der Waals surface area contributed by atoms with Gasteiger partial charge in [-0.15, -0.1) is 0 Å². The Balaban J connectivity index is 3.11. The topological polar surface area (TPSA) is 60.2 Å². The third-order valence-corrected chi connectivity index (χ3v) is 1.95. The third kappa shape index (κ3) is 3.18. The lowest BCUT2D eigenvalue weighted by Gasteiger charge is -1.99.